The van der Waals surface area contributed by atoms with Crippen molar-refractivity contribution in [2.45, 2.75) is 6.92 Å². The molecule has 7 nitrogen and oxygen atoms in total. The maximum absolute atomic E-state index is 12.2. The summed E-state index contributed by atoms with van der Waals surface area (Å²) in [6, 6.07) is 8.68. The number of aromatic nitrogens is 1. The molecule has 2 aromatic carbocycles. The fourth-order valence-corrected chi connectivity index (χ4v) is 3.51. The maximum Gasteiger partial charge on any atom is 0.325 e. The third-order valence-corrected chi connectivity index (χ3v) is 4.88. The number of rotatable bonds is 3. The summed E-state index contributed by atoms with van der Waals surface area (Å²) >= 11 is 1.40. The standard InChI is InChI=1S/C17H15N3O4S/c1-9-3-5-12(22-2)14-15(9)25-17(19-14)20-16(21)18-10-4-6-11-13(7-10)24-8-23-11/h3-7H,8H2,1-2H3,(H2,18,19,20,21). The van der Waals surface area contributed by atoms with Gasteiger partial charge in [0, 0.05) is 11.8 Å². The van der Waals surface area contributed by atoms with Crippen LogP contribution in [0.5, 0.6) is 17.2 Å². The van der Waals surface area contributed by atoms with Crippen LogP contribution < -0.4 is 24.8 Å². The summed E-state index contributed by atoms with van der Waals surface area (Å²) in [6.07, 6.45) is 0. The predicted octanol–water partition coefficient (Wildman–Crippen LogP) is 3.99. The maximum atomic E-state index is 12.2. The van der Waals surface area contributed by atoms with Gasteiger partial charge in [-0.25, -0.2) is 9.78 Å². The molecular weight excluding hydrogens is 342 g/mol. The molecule has 0 bridgehead atoms. The van der Waals surface area contributed by atoms with Gasteiger partial charge in [-0.3, -0.25) is 5.32 Å². The quantitative estimate of drug-likeness (QED) is 0.741. The highest BCUT2D eigenvalue weighted by Gasteiger charge is 2.16. The Hall–Kier alpha value is -3.00. The largest absolute Gasteiger partial charge is 0.494 e. The summed E-state index contributed by atoms with van der Waals surface area (Å²) < 4.78 is 16.9. The third-order valence-electron chi connectivity index (χ3n) is 3.77. The Morgan fingerprint density at radius 3 is 2.88 bits per heavy atom. The van der Waals surface area contributed by atoms with Gasteiger partial charge in [-0.15, -0.1) is 0 Å². The molecule has 25 heavy (non-hydrogen) atoms. The Balaban J connectivity index is 1.53. The van der Waals surface area contributed by atoms with Gasteiger partial charge in [0.1, 0.15) is 11.3 Å². The number of aryl methyl sites for hydroxylation is 1. The number of thiazole rings is 1. The van der Waals surface area contributed by atoms with Crippen LogP contribution in [-0.4, -0.2) is 24.9 Å². The molecule has 2 N–H and O–H groups in total. The van der Waals surface area contributed by atoms with Gasteiger partial charge >= 0.3 is 6.03 Å². The minimum atomic E-state index is -0.380. The highest BCUT2D eigenvalue weighted by atomic mass is 32.1. The van der Waals surface area contributed by atoms with Crippen molar-refractivity contribution in [2.24, 2.45) is 0 Å². The number of carbonyl (C=O) groups is 1. The molecule has 0 spiro atoms. The highest BCUT2D eigenvalue weighted by molar-refractivity contribution is 7.22. The number of ether oxygens (including phenoxy) is 3. The van der Waals surface area contributed by atoms with E-state index in [4.69, 9.17) is 14.2 Å². The van der Waals surface area contributed by atoms with Crippen LogP contribution >= 0.6 is 11.3 Å². The summed E-state index contributed by atoms with van der Waals surface area (Å²) in [4.78, 5) is 16.7. The van der Waals surface area contributed by atoms with E-state index in [1.54, 1.807) is 25.3 Å². The fraction of sp³-hybridized carbons (Fsp3) is 0.176. The minimum Gasteiger partial charge on any atom is -0.494 e. The van der Waals surface area contributed by atoms with E-state index in [2.05, 4.69) is 15.6 Å². The number of hydrogen-bond acceptors (Lipinski definition) is 6. The number of methoxy groups -OCH3 is 1. The number of urea groups is 1. The average Bonchev–Trinajstić information content (AvgIpc) is 3.21. The van der Waals surface area contributed by atoms with E-state index in [-0.39, 0.29) is 12.8 Å². The molecule has 8 heteroatoms. The van der Waals surface area contributed by atoms with E-state index >= 15 is 0 Å². The lowest BCUT2D eigenvalue weighted by Gasteiger charge is -2.06. The third kappa shape index (κ3) is 2.91. The summed E-state index contributed by atoms with van der Waals surface area (Å²) in [6.45, 7) is 2.19. The van der Waals surface area contributed by atoms with E-state index < -0.39 is 0 Å². The molecule has 3 aromatic rings. The SMILES string of the molecule is COc1ccc(C)c2sc(NC(=O)Nc3ccc4c(c3)OCO4)nc12. The molecule has 0 aliphatic carbocycles. The van der Waals surface area contributed by atoms with Crippen LogP contribution in [-0.2, 0) is 0 Å². The molecule has 1 aromatic heterocycles. The molecule has 0 radical (unpaired) electrons. The number of fused-ring (bicyclic) bond motifs is 2. The van der Waals surface area contributed by atoms with Crippen LogP contribution in [0.1, 0.15) is 5.56 Å². The van der Waals surface area contributed by atoms with Gasteiger partial charge in [-0.05, 0) is 30.7 Å². The Kier molecular flexibility index (Phi) is 3.81. The van der Waals surface area contributed by atoms with Crippen molar-refractivity contribution >= 4 is 38.4 Å². The smallest absolute Gasteiger partial charge is 0.325 e. The van der Waals surface area contributed by atoms with Crippen LogP contribution in [0.4, 0.5) is 15.6 Å². The second-order valence-corrected chi connectivity index (χ2v) is 6.43. The normalized spacial score (nSPS) is 12.2. The molecule has 0 atom stereocenters. The number of amides is 2. The summed E-state index contributed by atoms with van der Waals surface area (Å²) in [7, 11) is 1.60. The van der Waals surface area contributed by atoms with Gasteiger partial charge in [0.2, 0.25) is 6.79 Å². The van der Waals surface area contributed by atoms with Crippen LogP contribution in [0.15, 0.2) is 30.3 Å². The van der Waals surface area contributed by atoms with Crippen molar-refractivity contribution in [3.8, 4) is 17.2 Å². The first kappa shape index (κ1) is 15.5. The predicted molar refractivity (Wildman–Crippen MR) is 96.1 cm³/mol. The molecule has 0 saturated carbocycles. The van der Waals surface area contributed by atoms with Gasteiger partial charge in [-0.1, -0.05) is 17.4 Å². The number of anilines is 2. The van der Waals surface area contributed by atoms with E-state index in [9.17, 15) is 4.79 Å². The second-order valence-electron chi connectivity index (χ2n) is 5.43. The first-order valence-electron chi connectivity index (χ1n) is 7.56. The first-order valence-corrected chi connectivity index (χ1v) is 8.37. The van der Waals surface area contributed by atoms with Crippen LogP contribution in [0.2, 0.25) is 0 Å². The zero-order valence-corrected chi connectivity index (χ0v) is 14.4. The zero-order chi connectivity index (χ0) is 17.4. The molecule has 2 heterocycles. The summed E-state index contributed by atoms with van der Waals surface area (Å²) in [5, 5.41) is 6.01. The van der Waals surface area contributed by atoms with Crippen LogP contribution in [0, 0.1) is 6.92 Å². The van der Waals surface area contributed by atoms with Crippen molar-refractivity contribution < 1.29 is 19.0 Å². The number of nitrogens with one attached hydrogen (secondary N) is 2. The van der Waals surface area contributed by atoms with Gasteiger partial charge in [-0.2, -0.15) is 0 Å². The lowest BCUT2D eigenvalue weighted by molar-refractivity contribution is 0.174. The van der Waals surface area contributed by atoms with Crippen LogP contribution in [0.3, 0.4) is 0 Å². The van der Waals surface area contributed by atoms with E-state index in [1.807, 2.05) is 19.1 Å². The fourth-order valence-electron chi connectivity index (χ4n) is 2.56. The molecule has 2 amide bonds. The van der Waals surface area contributed by atoms with Crippen molar-refractivity contribution in [1.82, 2.24) is 4.98 Å². The molecule has 0 saturated heterocycles. The van der Waals surface area contributed by atoms with Crippen LogP contribution in [0.25, 0.3) is 10.2 Å². The van der Waals surface area contributed by atoms with E-state index in [0.717, 1.165) is 15.8 Å². The zero-order valence-electron chi connectivity index (χ0n) is 13.6. The van der Waals surface area contributed by atoms with Crippen molar-refractivity contribution in [2.75, 3.05) is 24.5 Å². The minimum absolute atomic E-state index is 0.192. The van der Waals surface area contributed by atoms with Gasteiger partial charge in [0.15, 0.2) is 16.6 Å². The highest BCUT2D eigenvalue weighted by Crippen LogP contribution is 2.36. The average molecular weight is 357 g/mol. The lowest BCUT2D eigenvalue weighted by Crippen LogP contribution is -2.19. The molecular formula is C17H15N3O4S. The molecule has 4 rings (SSSR count). The first-order chi connectivity index (χ1) is 12.1. The Bertz CT molecular complexity index is 970. The van der Waals surface area contributed by atoms with Crippen molar-refractivity contribution in [1.29, 1.82) is 0 Å². The van der Waals surface area contributed by atoms with E-state index in [0.29, 0.717) is 28.1 Å². The monoisotopic (exact) mass is 357 g/mol. The Morgan fingerprint density at radius 1 is 1.20 bits per heavy atom. The van der Waals surface area contributed by atoms with Crippen molar-refractivity contribution in [3.63, 3.8) is 0 Å². The Morgan fingerprint density at radius 2 is 2.04 bits per heavy atom. The Labute approximate surface area is 147 Å². The molecule has 0 fully saturated rings. The number of carbonyl (C=O) groups excluding carboxylic acids is 1. The summed E-state index contributed by atoms with van der Waals surface area (Å²) in [5.41, 5.74) is 2.43. The number of nitrogens with zero attached hydrogens (tertiary/aromatic N) is 1. The lowest BCUT2D eigenvalue weighted by atomic mass is 10.2. The summed E-state index contributed by atoms with van der Waals surface area (Å²) in [5.74, 6) is 1.96. The van der Waals surface area contributed by atoms with Gasteiger partial charge in [0.05, 0.1) is 11.8 Å². The number of hydrogen-bond donors (Lipinski definition) is 2. The molecule has 1 aliphatic rings. The molecule has 0 unspecified atom stereocenters. The molecule has 1 aliphatic heterocycles. The number of benzene rings is 2. The van der Waals surface area contributed by atoms with E-state index in [1.165, 1.54) is 11.3 Å². The van der Waals surface area contributed by atoms with Gasteiger partial charge in [0.25, 0.3) is 0 Å². The second kappa shape index (κ2) is 6.14. The molecule has 128 valence electrons. The van der Waals surface area contributed by atoms with Crippen molar-refractivity contribution in [3.05, 3.63) is 35.9 Å². The van der Waals surface area contributed by atoms with Gasteiger partial charge < -0.3 is 19.5 Å². The topological polar surface area (TPSA) is 81.7 Å².